The van der Waals surface area contributed by atoms with Gasteiger partial charge in [0.15, 0.2) is 4.91 Å². The van der Waals surface area contributed by atoms with Crippen molar-refractivity contribution < 1.29 is 17.6 Å². The third kappa shape index (κ3) is 2.96. The van der Waals surface area contributed by atoms with Gasteiger partial charge in [-0.05, 0) is 42.0 Å². The Labute approximate surface area is 148 Å². The number of allylic oxidation sites excluding steroid dienone is 1. The first-order valence-electron chi connectivity index (χ1n) is 7.82. The minimum Gasteiger partial charge on any atom is -0.387 e. The molecule has 1 aliphatic carbocycles. The Balaban J connectivity index is 1.77. The molecule has 1 fully saturated rings. The first kappa shape index (κ1) is 16.3. The zero-order valence-electron chi connectivity index (χ0n) is 13.1. The molecule has 0 atom stereocenters. The van der Waals surface area contributed by atoms with Gasteiger partial charge in [-0.1, -0.05) is 12.1 Å². The summed E-state index contributed by atoms with van der Waals surface area (Å²) < 4.78 is 40.7. The average Bonchev–Trinajstić information content (AvgIpc) is 3.25. The smallest absolute Gasteiger partial charge is 0.270 e. The molecule has 0 amide bonds. The van der Waals surface area contributed by atoms with Gasteiger partial charge in [0.2, 0.25) is 5.78 Å². The molecule has 0 saturated heterocycles. The molecule has 2 aromatic rings. The number of carbonyl (C=O) groups excluding carboxylic acids is 1. The van der Waals surface area contributed by atoms with Crippen LogP contribution in [0.3, 0.4) is 0 Å². The van der Waals surface area contributed by atoms with E-state index in [-0.39, 0.29) is 17.5 Å². The number of thiophene rings is 1. The van der Waals surface area contributed by atoms with Crippen LogP contribution in [0.1, 0.15) is 28.1 Å². The molecule has 1 N–H and O–H groups in total. The summed E-state index contributed by atoms with van der Waals surface area (Å²) in [6.45, 7) is -0.0299. The Kier molecular flexibility index (Phi) is 3.88. The molecule has 0 spiro atoms. The molecule has 0 unspecified atom stereocenters. The van der Waals surface area contributed by atoms with Crippen LogP contribution >= 0.6 is 11.3 Å². The van der Waals surface area contributed by atoms with Gasteiger partial charge < -0.3 is 5.32 Å². The molecule has 8 heteroatoms. The van der Waals surface area contributed by atoms with Crippen LogP contribution in [-0.2, 0) is 16.6 Å². The van der Waals surface area contributed by atoms with E-state index in [4.69, 9.17) is 0 Å². The molecule has 0 bridgehead atoms. The lowest BCUT2D eigenvalue weighted by Gasteiger charge is -2.29. The molecule has 5 nitrogen and oxygen atoms in total. The highest BCUT2D eigenvalue weighted by molar-refractivity contribution is 7.97. The van der Waals surface area contributed by atoms with Gasteiger partial charge in [-0.3, -0.25) is 9.10 Å². The molecule has 2 aliphatic rings. The number of anilines is 1. The van der Waals surface area contributed by atoms with Crippen LogP contribution in [0.15, 0.2) is 46.8 Å². The number of hydrogen-bond donors (Lipinski definition) is 1. The minimum absolute atomic E-state index is 0.0299. The molecule has 0 radical (unpaired) electrons. The van der Waals surface area contributed by atoms with Gasteiger partial charge in [0, 0.05) is 12.2 Å². The maximum absolute atomic E-state index is 13.5. The highest BCUT2D eigenvalue weighted by atomic mass is 32.2. The molecule has 130 valence electrons. The predicted octanol–water partition coefficient (Wildman–Crippen LogP) is 3.01. The van der Waals surface area contributed by atoms with Gasteiger partial charge in [-0.2, -0.15) is 0 Å². The van der Waals surface area contributed by atoms with Gasteiger partial charge in [-0.15, -0.1) is 11.3 Å². The Morgan fingerprint density at radius 2 is 2.12 bits per heavy atom. The summed E-state index contributed by atoms with van der Waals surface area (Å²) in [5.74, 6) is -0.923. The van der Waals surface area contributed by atoms with Crippen molar-refractivity contribution in [3.8, 4) is 0 Å². The summed E-state index contributed by atoms with van der Waals surface area (Å²) in [7, 11) is -4.01. The van der Waals surface area contributed by atoms with Crippen LogP contribution in [0.2, 0.25) is 0 Å². The van der Waals surface area contributed by atoms with E-state index in [1.807, 2.05) is 0 Å². The average molecular weight is 378 g/mol. The largest absolute Gasteiger partial charge is 0.387 e. The monoisotopic (exact) mass is 378 g/mol. The second kappa shape index (κ2) is 5.96. The number of halogens is 1. The molecule has 1 aromatic carbocycles. The number of rotatable bonds is 4. The number of benzene rings is 1. The second-order valence-electron chi connectivity index (χ2n) is 6.06. The molecule has 25 heavy (non-hydrogen) atoms. The summed E-state index contributed by atoms with van der Waals surface area (Å²) in [6, 6.07) is 7.64. The third-order valence-corrected chi connectivity index (χ3v) is 6.82. The number of Topliss-reactive ketones (excluding diaryl/α,β-unsaturated/α-hetero) is 1. The van der Waals surface area contributed by atoms with Crippen LogP contribution in [0.5, 0.6) is 0 Å². The van der Waals surface area contributed by atoms with E-state index in [1.54, 1.807) is 17.5 Å². The van der Waals surface area contributed by atoms with Crippen molar-refractivity contribution in [1.29, 1.82) is 0 Å². The van der Waals surface area contributed by atoms with Crippen molar-refractivity contribution in [2.75, 3.05) is 4.31 Å². The fourth-order valence-corrected chi connectivity index (χ4v) is 5.19. The van der Waals surface area contributed by atoms with Crippen molar-refractivity contribution in [1.82, 2.24) is 5.32 Å². The van der Waals surface area contributed by atoms with Crippen LogP contribution in [0.25, 0.3) is 0 Å². The first-order valence-corrected chi connectivity index (χ1v) is 10.1. The van der Waals surface area contributed by atoms with Gasteiger partial charge in [-0.25, -0.2) is 12.8 Å². The topological polar surface area (TPSA) is 66.5 Å². The summed E-state index contributed by atoms with van der Waals surface area (Å²) in [5, 5.41) is 4.67. The van der Waals surface area contributed by atoms with Crippen molar-refractivity contribution in [2.24, 2.45) is 0 Å². The number of nitrogens with one attached hydrogen (secondary N) is 1. The number of nitrogens with zero attached hydrogens (tertiary/aromatic N) is 1. The Morgan fingerprint density at radius 3 is 2.84 bits per heavy atom. The van der Waals surface area contributed by atoms with Gasteiger partial charge in [0.05, 0.1) is 12.2 Å². The summed E-state index contributed by atoms with van der Waals surface area (Å²) in [6.07, 6.45) is 3.25. The van der Waals surface area contributed by atoms with Crippen LogP contribution in [0.4, 0.5) is 10.1 Å². The third-order valence-electron chi connectivity index (χ3n) is 4.15. The number of carbonyl (C=O) groups is 1. The maximum atomic E-state index is 13.5. The zero-order valence-corrected chi connectivity index (χ0v) is 14.7. The van der Waals surface area contributed by atoms with Crippen LogP contribution in [0, 0.1) is 5.82 Å². The van der Waals surface area contributed by atoms with Crippen LogP contribution in [-0.4, -0.2) is 20.2 Å². The second-order valence-corrected chi connectivity index (χ2v) is 8.80. The van der Waals surface area contributed by atoms with Gasteiger partial charge in [0.1, 0.15) is 10.7 Å². The summed E-state index contributed by atoms with van der Waals surface area (Å²) >= 11 is 1.21. The van der Waals surface area contributed by atoms with Crippen molar-refractivity contribution in [3.63, 3.8) is 0 Å². The molecule has 1 aliphatic heterocycles. The molecular weight excluding hydrogens is 363 g/mol. The number of ketones is 1. The van der Waals surface area contributed by atoms with E-state index in [2.05, 4.69) is 5.32 Å². The lowest BCUT2D eigenvalue weighted by Crippen LogP contribution is -2.38. The Morgan fingerprint density at radius 1 is 1.32 bits per heavy atom. The summed E-state index contributed by atoms with van der Waals surface area (Å²) in [4.78, 5) is 12.7. The number of fused-ring (bicyclic) bond motifs is 1. The first-order chi connectivity index (χ1) is 12.0. The lowest BCUT2D eigenvalue weighted by atomic mass is 10.2. The SMILES string of the molecule is O=C1/C(=C/NC2CC2)S(=O)(=O)N(Cc2cccc(F)c2)c2ccsc21. The Bertz CT molecular complexity index is 977. The highest BCUT2D eigenvalue weighted by Crippen LogP contribution is 2.39. The van der Waals surface area contributed by atoms with E-state index < -0.39 is 21.6 Å². The molecule has 1 saturated carbocycles. The molecular formula is C17H15FN2O3S2. The van der Waals surface area contributed by atoms with Crippen molar-refractivity contribution in [3.05, 3.63) is 63.1 Å². The van der Waals surface area contributed by atoms with Crippen molar-refractivity contribution >= 4 is 32.8 Å². The zero-order chi connectivity index (χ0) is 17.6. The minimum atomic E-state index is -4.01. The van der Waals surface area contributed by atoms with E-state index >= 15 is 0 Å². The van der Waals surface area contributed by atoms with E-state index in [0.717, 1.165) is 12.8 Å². The highest BCUT2D eigenvalue weighted by Gasteiger charge is 2.41. The molecule has 4 rings (SSSR count). The van der Waals surface area contributed by atoms with E-state index in [9.17, 15) is 17.6 Å². The molecule has 2 heterocycles. The molecule has 1 aromatic heterocycles. The van der Waals surface area contributed by atoms with Gasteiger partial charge in [0.25, 0.3) is 10.0 Å². The van der Waals surface area contributed by atoms with E-state index in [0.29, 0.717) is 16.1 Å². The van der Waals surface area contributed by atoms with E-state index in [1.165, 1.54) is 40.0 Å². The fraction of sp³-hybridized carbons (Fsp3) is 0.235. The lowest BCUT2D eigenvalue weighted by molar-refractivity contribution is 0.104. The standard InChI is InChI=1S/C17H15FN2O3S2/c18-12-3-1-2-11(8-12)10-20-14-6-7-24-17(14)16(21)15(25(20,22)23)9-19-13-4-5-13/h1-3,6-9,13,19H,4-5,10H2/b15-9-. The number of sulfonamides is 1. The summed E-state index contributed by atoms with van der Waals surface area (Å²) in [5.41, 5.74) is 0.868. The maximum Gasteiger partial charge on any atom is 0.270 e. The number of hydrogen-bond acceptors (Lipinski definition) is 5. The van der Waals surface area contributed by atoms with Gasteiger partial charge >= 0.3 is 0 Å². The normalized spacial score (nSPS) is 20.6. The predicted molar refractivity (Wildman–Crippen MR) is 94.4 cm³/mol. The van der Waals surface area contributed by atoms with Crippen molar-refractivity contribution in [2.45, 2.75) is 25.4 Å². The van der Waals surface area contributed by atoms with Crippen LogP contribution < -0.4 is 9.62 Å². The quantitative estimate of drug-likeness (QED) is 0.831. The fourth-order valence-electron chi connectivity index (χ4n) is 2.70. The Hall–Kier alpha value is -2.19.